The van der Waals surface area contributed by atoms with Crippen LogP contribution in [0, 0.1) is 0 Å². The van der Waals surface area contributed by atoms with Crippen molar-refractivity contribution in [3.05, 3.63) is 41.5 Å². The highest BCUT2D eigenvalue weighted by molar-refractivity contribution is 5.55. The first kappa shape index (κ1) is 14.4. The fraction of sp³-hybridized carbons (Fsp3) is 0.294. The lowest BCUT2D eigenvalue weighted by Crippen LogP contribution is -1.94. The van der Waals surface area contributed by atoms with E-state index in [0.29, 0.717) is 23.0 Å². The minimum atomic E-state index is 0.206. The van der Waals surface area contributed by atoms with Gasteiger partial charge in [0.15, 0.2) is 11.5 Å². The Bertz CT molecular complexity index is 681. The van der Waals surface area contributed by atoms with Crippen LogP contribution in [0.1, 0.15) is 11.1 Å². The molecule has 0 saturated heterocycles. The van der Waals surface area contributed by atoms with E-state index in [9.17, 15) is 5.11 Å². The number of methoxy groups -OCH3 is 2. The van der Waals surface area contributed by atoms with Gasteiger partial charge in [0.1, 0.15) is 11.5 Å². The van der Waals surface area contributed by atoms with Gasteiger partial charge in [-0.05, 0) is 48.2 Å². The van der Waals surface area contributed by atoms with Gasteiger partial charge in [-0.1, -0.05) is 0 Å². The molecule has 0 aliphatic carbocycles. The molecule has 0 amide bonds. The minimum absolute atomic E-state index is 0.206. The first-order valence-corrected chi connectivity index (χ1v) is 7.03. The van der Waals surface area contributed by atoms with Crippen LogP contribution in [0.5, 0.6) is 28.7 Å². The smallest absolute Gasteiger partial charge is 0.231 e. The van der Waals surface area contributed by atoms with Gasteiger partial charge in [0.05, 0.1) is 14.2 Å². The zero-order valence-corrected chi connectivity index (χ0v) is 12.6. The molecule has 3 rings (SSSR count). The molecule has 22 heavy (non-hydrogen) atoms. The van der Waals surface area contributed by atoms with Crippen molar-refractivity contribution >= 4 is 0 Å². The number of hydrogen-bond donors (Lipinski definition) is 1. The zero-order valence-electron chi connectivity index (χ0n) is 12.6. The number of rotatable bonds is 5. The molecule has 0 unspecified atom stereocenters. The second-order valence-corrected chi connectivity index (χ2v) is 5.07. The molecular weight excluding hydrogens is 284 g/mol. The Labute approximate surface area is 129 Å². The minimum Gasteiger partial charge on any atom is -0.508 e. The third kappa shape index (κ3) is 2.88. The van der Waals surface area contributed by atoms with Crippen LogP contribution < -0.4 is 18.9 Å². The van der Waals surface area contributed by atoms with E-state index in [2.05, 4.69) is 0 Å². The molecule has 1 heterocycles. The predicted octanol–water partition coefficient (Wildman–Crippen LogP) is 2.92. The Kier molecular flexibility index (Phi) is 3.96. The van der Waals surface area contributed by atoms with E-state index < -0.39 is 0 Å². The first-order chi connectivity index (χ1) is 10.7. The summed E-state index contributed by atoms with van der Waals surface area (Å²) >= 11 is 0. The Morgan fingerprint density at radius 3 is 2.45 bits per heavy atom. The summed E-state index contributed by atoms with van der Waals surface area (Å²) in [6.45, 7) is 0.221. The maximum Gasteiger partial charge on any atom is 0.231 e. The second kappa shape index (κ2) is 6.05. The summed E-state index contributed by atoms with van der Waals surface area (Å²) in [5.41, 5.74) is 2.09. The number of phenols is 1. The number of aromatic hydroxyl groups is 1. The molecule has 0 spiro atoms. The summed E-state index contributed by atoms with van der Waals surface area (Å²) in [5, 5.41) is 9.69. The van der Waals surface area contributed by atoms with Crippen molar-refractivity contribution in [3.8, 4) is 28.7 Å². The summed E-state index contributed by atoms with van der Waals surface area (Å²) in [7, 11) is 3.20. The Hall–Kier alpha value is -2.56. The number of hydrogen-bond acceptors (Lipinski definition) is 5. The summed E-state index contributed by atoms with van der Waals surface area (Å²) < 4.78 is 21.3. The molecule has 116 valence electrons. The van der Waals surface area contributed by atoms with E-state index in [1.165, 1.54) is 0 Å². The van der Waals surface area contributed by atoms with Crippen LogP contribution in [0.4, 0.5) is 0 Å². The number of ether oxygens (including phenoxy) is 4. The largest absolute Gasteiger partial charge is 0.508 e. The van der Waals surface area contributed by atoms with Crippen LogP contribution in [0.25, 0.3) is 0 Å². The highest BCUT2D eigenvalue weighted by Gasteiger charge is 2.19. The van der Waals surface area contributed by atoms with Crippen LogP contribution in [0.3, 0.4) is 0 Å². The van der Waals surface area contributed by atoms with Crippen LogP contribution in [-0.4, -0.2) is 26.1 Å². The van der Waals surface area contributed by atoms with Crippen LogP contribution in [-0.2, 0) is 12.8 Å². The van der Waals surface area contributed by atoms with E-state index in [4.69, 9.17) is 18.9 Å². The molecule has 5 heteroatoms. The van der Waals surface area contributed by atoms with Gasteiger partial charge >= 0.3 is 0 Å². The molecule has 0 fully saturated rings. The summed E-state index contributed by atoms with van der Waals surface area (Å²) in [5.74, 6) is 2.91. The number of benzene rings is 2. The van der Waals surface area contributed by atoms with E-state index >= 15 is 0 Å². The quantitative estimate of drug-likeness (QED) is 0.920. The van der Waals surface area contributed by atoms with Crippen molar-refractivity contribution in [1.82, 2.24) is 0 Å². The van der Waals surface area contributed by atoms with E-state index in [1.807, 2.05) is 18.2 Å². The van der Waals surface area contributed by atoms with Gasteiger partial charge in [-0.3, -0.25) is 0 Å². The maximum atomic E-state index is 9.69. The van der Waals surface area contributed by atoms with Crippen LogP contribution in [0.2, 0.25) is 0 Å². The third-order valence-electron chi connectivity index (χ3n) is 3.61. The maximum absolute atomic E-state index is 9.69. The van der Waals surface area contributed by atoms with E-state index in [0.717, 1.165) is 24.0 Å². The van der Waals surface area contributed by atoms with Crippen molar-refractivity contribution in [2.24, 2.45) is 0 Å². The number of aryl methyl sites for hydroxylation is 2. The monoisotopic (exact) mass is 302 g/mol. The fourth-order valence-corrected chi connectivity index (χ4v) is 2.52. The van der Waals surface area contributed by atoms with Gasteiger partial charge in [0.2, 0.25) is 12.5 Å². The molecule has 5 nitrogen and oxygen atoms in total. The number of fused-ring (bicyclic) bond motifs is 1. The van der Waals surface area contributed by atoms with Crippen molar-refractivity contribution < 1.29 is 24.1 Å². The number of phenolic OH excluding ortho intramolecular Hbond substituents is 1. The SMILES string of the molecule is COc1cc(O)cc(CCc2cc(OC)c3c(c2)OCO3)c1. The topological polar surface area (TPSA) is 57.2 Å². The first-order valence-electron chi connectivity index (χ1n) is 7.03. The van der Waals surface area contributed by atoms with E-state index in [-0.39, 0.29) is 12.5 Å². The molecule has 0 saturated carbocycles. The van der Waals surface area contributed by atoms with Crippen LogP contribution >= 0.6 is 0 Å². The molecule has 1 aliphatic heterocycles. The van der Waals surface area contributed by atoms with Gasteiger partial charge in [-0.25, -0.2) is 0 Å². The zero-order chi connectivity index (χ0) is 15.5. The average Bonchev–Trinajstić information content (AvgIpc) is 3.00. The molecule has 1 aliphatic rings. The average molecular weight is 302 g/mol. The molecule has 0 bridgehead atoms. The highest BCUT2D eigenvalue weighted by Crippen LogP contribution is 2.42. The Morgan fingerprint density at radius 2 is 1.73 bits per heavy atom. The highest BCUT2D eigenvalue weighted by atomic mass is 16.7. The lowest BCUT2D eigenvalue weighted by Gasteiger charge is -2.09. The molecule has 2 aromatic rings. The van der Waals surface area contributed by atoms with Gasteiger partial charge in [0.25, 0.3) is 0 Å². The van der Waals surface area contributed by atoms with Crippen molar-refractivity contribution in [1.29, 1.82) is 0 Å². The molecular formula is C17H18O5. The summed E-state index contributed by atoms with van der Waals surface area (Å²) in [6, 6.07) is 9.17. The molecule has 1 N–H and O–H groups in total. The Balaban J connectivity index is 1.78. The predicted molar refractivity (Wildman–Crippen MR) is 81.2 cm³/mol. The standard InChI is InChI=1S/C17H18O5/c1-19-14-6-11(5-13(18)9-14)3-4-12-7-15(20-2)17-16(8-12)21-10-22-17/h5-9,18H,3-4,10H2,1-2H3. The molecule has 0 radical (unpaired) electrons. The summed E-state index contributed by atoms with van der Waals surface area (Å²) in [6.07, 6.45) is 1.56. The van der Waals surface area contributed by atoms with Gasteiger partial charge in [-0.2, -0.15) is 0 Å². The van der Waals surface area contributed by atoms with Gasteiger partial charge in [0, 0.05) is 6.07 Å². The lowest BCUT2D eigenvalue weighted by molar-refractivity contribution is 0.171. The summed E-state index contributed by atoms with van der Waals surface area (Å²) in [4.78, 5) is 0. The molecule has 2 aromatic carbocycles. The fourth-order valence-electron chi connectivity index (χ4n) is 2.52. The van der Waals surface area contributed by atoms with Crippen molar-refractivity contribution in [2.75, 3.05) is 21.0 Å². The van der Waals surface area contributed by atoms with E-state index in [1.54, 1.807) is 26.4 Å². The van der Waals surface area contributed by atoms with Gasteiger partial charge < -0.3 is 24.1 Å². The van der Waals surface area contributed by atoms with Gasteiger partial charge in [-0.15, -0.1) is 0 Å². The lowest BCUT2D eigenvalue weighted by atomic mass is 10.0. The molecule has 0 aromatic heterocycles. The Morgan fingerprint density at radius 1 is 0.955 bits per heavy atom. The third-order valence-corrected chi connectivity index (χ3v) is 3.61. The molecule has 0 atom stereocenters. The van der Waals surface area contributed by atoms with Crippen molar-refractivity contribution in [3.63, 3.8) is 0 Å². The van der Waals surface area contributed by atoms with Crippen molar-refractivity contribution in [2.45, 2.75) is 12.8 Å². The normalized spacial score (nSPS) is 12.3. The van der Waals surface area contributed by atoms with Crippen LogP contribution in [0.15, 0.2) is 30.3 Å². The second-order valence-electron chi connectivity index (χ2n) is 5.07.